The summed E-state index contributed by atoms with van der Waals surface area (Å²) in [7, 11) is 0. The maximum Gasteiger partial charge on any atom is 0.312 e. The number of halogens is 3. The van der Waals surface area contributed by atoms with Crippen molar-refractivity contribution in [2.75, 3.05) is 6.61 Å². The topological polar surface area (TPSA) is 46.5 Å². The van der Waals surface area contributed by atoms with Crippen LogP contribution in [0.25, 0.3) is 0 Å². The molecule has 20 heavy (non-hydrogen) atoms. The standard InChI is InChI=1S/C14H17F3O3/c1-4-20-14(19)11(7(2)3)13(18)8-5-9(15)12(17)10(16)6-8/h5-7,11,13,18H,4H2,1-3H3. The maximum absolute atomic E-state index is 13.2. The number of hydrogen-bond acceptors (Lipinski definition) is 3. The second kappa shape index (κ2) is 6.74. The van der Waals surface area contributed by atoms with Gasteiger partial charge in [0, 0.05) is 0 Å². The number of carbonyl (C=O) groups is 1. The third-order valence-corrected chi connectivity index (χ3v) is 2.96. The van der Waals surface area contributed by atoms with E-state index in [0.29, 0.717) is 12.1 Å². The van der Waals surface area contributed by atoms with Crippen LogP contribution in [0.2, 0.25) is 0 Å². The monoisotopic (exact) mass is 290 g/mol. The number of aliphatic hydroxyl groups is 1. The molecule has 0 bridgehead atoms. The van der Waals surface area contributed by atoms with Gasteiger partial charge in [-0.25, -0.2) is 13.2 Å². The van der Waals surface area contributed by atoms with Crippen LogP contribution < -0.4 is 0 Å². The first-order valence-electron chi connectivity index (χ1n) is 6.28. The summed E-state index contributed by atoms with van der Waals surface area (Å²) in [6, 6.07) is 1.36. The van der Waals surface area contributed by atoms with Gasteiger partial charge in [-0.05, 0) is 30.5 Å². The van der Waals surface area contributed by atoms with E-state index in [4.69, 9.17) is 4.74 Å². The minimum Gasteiger partial charge on any atom is -0.466 e. The number of benzene rings is 1. The highest BCUT2D eigenvalue weighted by atomic mass is 19.2. The van der Waals surface area contributed by atoms with E-state index in [1.807, 2.05) is 0 Å². The lowest BCUT2D eigenvalue weighted by atomic mass is 9.86. The van der Waals surface area contributed by atoms with E-state index in [1.165, 1.54) is 0 Å². The number of hydrogen-bond donors (Lipinski definition) is 1. The Balaban J connectivity index is 3.12. The SMILES string of the molecule is CCOC(=O)C(C(C)C)C(O)c1cc(F)c(F)c(F)c1. The van der Waals surface area contributed by atoms with E-state index in [9.17, 15) is 23.1 Å². The number of carbonyl (C=O) groups excluding carboxylic acids is 1. The second-order valence-corrected chi connectivity index (χ2v) is 4.77. The fourth-order valence-electron chi connectivity index (χ4n) is 1.96. The van der Waals surface area contributed by atoms with Crippen LogP contribution in [0.1, 0.15) is 32.4 Å². The van der Waals surface area contributed by atoms with E-state index in [2.05, 4.69) is 0 Å². The minimum absolute atomic E-state index is 0.126. The maximum atomic E-state index is 13.2. The van der Waals surface area contributed by atoms with Gasteiger partial charge in [0.25, 0.3) is 0 Å². The largest absolute Gasteiger partial charge is 0.466 e. The molecule has 0 spiro atoms. The number of ether oxygens (including phenoxy) is 1. The summed E-state index contributed by atoms with van der Waals surface area (Å²) in [6.07, 6.45) is -1.47. The molecule has 112 valence electrons. The Kier molecular flexibility index (Phi) is 5.56. The lowest BCUT2D eigenvalue weighted by Crippen LogP contribution is -2.29. The van der Waals surface area contributed by atoms with Crippen LogP contribution >= 0.6 is 0 Å². The molecule has 0 amide bonds. The Labute approximate surface area is 115 Å². The van der Waals surface area contributed by atoms with Gasteiger partial charge in [-0.2, -0.15) is 0 Å². The van der Waals surface area contributed by atoms with Gasteiger partial charge in [-0.15, -0.1) is 0 Å². The average Bonchev–Trinajstić information content (AvgIpc) is 2.35. The van der Waals surface area contributed by atoms with Crippen molar-refractivity contribution in [3.05, 3.63) is 35.1 Å². The highest BCUT2D eigenvalue weighted by Crippen LogP contribution is 2.30. The summed E-state index contributed by atoms with van der Waals surface area (Å²) in [5.41, 5.74) is -0.201. The molecular formula is C14H17F3O3. The van der Waals surface area contributed by atoms with Gasteiger partial charge in [0.2, 0.25) is 0 Å². The zero-order valence-corrected chi connectivity index (χ0v) is 11.5. The Morgan fingerprint density at radius 1 is 1.25 bits per heavy atom. The molecule has 3 nitrogen and oxygen atoms in total. The highest BCUT2D eigenvalue weighted by Gasteiger charge is 2.33. The molecule has 2 atom stereocenters. The lowest BCUT2D eigenvalue weighted by molar-refractivity contribution is -0.154. The predicted molar refractivity (Wildman–Crippen MR) is 66.2 cm³/mol. The molecule has 1 aromatic rings. The Bertz CT molecular complexity index is 466. The van der Waals surface area contributed by atoms with Gasteiger partial charge in [0.15, 0.2) is 17.5 Å². The molecule has 0 heterocycles. The molecule has 0 fully saturated rings. The van der Waals surface area contributed by atoms with Crippen molar-refractivity contribution in [3.63, 3.8) is 0 Å². The molecule has 0 aliphatic carbocycles. The Morgan fingerprint density at radius 3 is 2.15 bits per heavy atom. The molecule has 0 aromatic heterocycles. The van der Waals surface area contributed by atoms with Gasteiger partial charge < -0.3 is 9.84 Å². The van der Waals surface area contributed by atoms with Gasteiger partial charge in [0.1, 0.15) is 0 Å². The molecule has 0 saturated carbocycles. The van der Waals surface area contributed by atoms with Crippen molar-refractivity contribution in [1.29, 1.82) is 0 Å². The first-order valence-corrected chi connectivity index (χ1v) is 6.28. The van der Waals surface area contributed by atoms with Crippen LogP contribution in [0.15, 0.2) is 12.1 Å². The van der Waals surface area contributed by atoms with Gasteiger partial charge in [0.05, 0.1) is 18.6 Å². The second-order valence-electron chi connectivity index (χ2n) is 4.77. The van der Waals surface area contributed by atoms with Crippen molar-refractivity contribution in [2.24, 2.45) is 11.8 Å². The fraction of sp³-hybridized carbons (Fsp3) is 0.500. The minimum atomic E-state index is -1.61. The smallest absolute Gasteiger partial charge is 0.312 e. The van der Waals surface area contributed by atoms with E-state index in [-0.39, 0.29) is 18.1 Å². The number of rotatable bonds is 5. The van der Waals surface area contributed by atoms with E-state index >= 15 is 0 Å². The highest BCUT2D eigenvalue weighted by molar-refractivity contribution is 5.73. The van der Waals surface area contributed by atoms with Gasteiger partial charge in [-0.1, -0.05) is 13.8 Å². The molecule has 0 aliphatic heterocycles. The van der Waals surface area contributed by atoms with Gasteiger partial charge >= 0.3 is 5.97 Å². The molecule has 0 aliphatic rings. The lowest BCUT2D eigenvalue weighted by Gasteiger charge is -2.24. The van der Waals surface area contributed by atoms with E-state index in [0.717, 1.165) is 0 Å². The van der Waals surface area contributed by atoms with Crippen molar-refractivity contribution in [3.8, 4) is 0 Å². The average molecular weight is 290 g/mol. The zero-order valence-electron chi connectivity index (χ0n) is 11.5. The Hall–Kier alpha value is -1.56. The van der Waals surface area contributed by atoms with E-state index in [1.54, 1.807) is 20.8 Å². The molecular weight excluding hydrogens is 273 g/mol. The van der Waals surface area contributed by atoms with Crippen molar-refractivity contribution < 1.29 is 27.8 Å². The fourth-order valence-corrected chi connectivity index (χ4v) is 1.96. The van der Waals surface area contributed by atoms with Crippen molar-refractivity contribution in [2.45, 2.75) is 26.9 Å². The Morgan fingerprint density at radius 2 is 1.75 bits per heavy atom. The van der Waals surface area contributed by atoms with Crippen molar-refractivity contribution in [1.82, 2.24) is 0 Å². The van der Waals surface area contributed by atoms with E-state index < -0.39 is 35.4 Å². The molecule has 6 heteroatoms. The van der Waals surface area contributed by atoms with Crippen LogP contribution in [0.5, 0.6) is 0 Å². The number of esters is 1. The molecule has 0 radical (unpaired) electrons. The van der Waals surface area contributed by atoms with Crippen LogP contribution in [0.4, 0.5) is 13.2 Å². The van der Waals surface area contributed by atoms with Crippen LogP contribution in [-0.2, 0) is 9.53 Å². The van der Waals surface area contributed by atoms with Crippen LogP contribution in [0, 0.1) is 29.3 Å². The number of aliphatic hydroxyl groups excluding tert-OH is 1. The summed E-state index contributed by atoms with van der Waals surface area (Å²) in [5.74, 6) is -6.41. The first-order chi connectivity index (χ1) is 9.29. The summed E-state index contributed by atoms with van der Waals surface area (Å²) >= 11 is 0. The third-order valence-electron chi connectivity index (χ3n) is 2.96. The van der Waals surface area contributed by atoms with Crippen LogP contribution in [0.3, 0.4) is 0 Å². The first kappa shape index (κ1) is 16.5. The molecule has 0 saturated heterocycles. The quantitative estimate of drug-likeness (QED) is 0.670. The molecule has 1 aromatic carbocycles. The summed E-state index contributed by atoms with van der Waals surface area (Å²) in [5, 5.41) is 10.1. The van der Waals surface area contributed by atoms with Crippen LogP contribution in [-0.4, -0.2) is 17.7 Å². The van der Waals surface area contributed by atoms with Gasteiger partial charge in [-0.3, -0.25) is 4.79 Å². The molecule has 2 unspecified atom stereocenters. The molecule has 1 rings (SSSR count). The predicted octanol–water partition coefficient (Wildman–Crippen LogP) is 2.97. The summed E-state index contributed by atoms with van der Waals surface area (Å²) in [4.78, 5) is 11.8. The zero-order chi connectivity index (χ0) is 15.4. The van der Waals surface area contributed by atoms with Crippen molar-refractivity contribution >= 4 is 5.97 Å². The normalized spacial score (nSPS) is 14.2. The summed E-state index contributed by atoms with van der Waals surface area (Å²) < 4.78 is 44.1. The summed E-state index contributed by atoms with van der Waals surface area (Å²) in [6.45, 7) is 5.07. The third kappa shape index (κ3) is 3.50. The molecule has 1 N–H and O–H groups in total.